The minimum absolute atomic E-state index is 0.124. The number of hydrogen-bond donors (Lipinski definition) is 0. The lowest BCUT2D eigenvalue weighted by molar-refractivity contribution is -0.145. The van der Waals surface area contributed by atoms with Crippen LogP contribution in [0.2, 0.25) is 10.0 Å². The molecule has 0 bridgehead atoms. The van der Waals surface area contributed by atoms with Crippen molar-refractivity contribution >= 4 is 35.5 Å². The van der Waals surface area contributed by atoms with Crippen LogP contribution in [0.25, 0.3) is 0 Å². The van der Waals surface area contributed by atoms with Crippen molar-refractivity contribution in [2.75, 3.05) is 13.2 Å². The minimum atomic E-state index is -0.532. The van der Waals surface area contributed by atoms with Crippen molar-refractivity contribution in [1.82, 2.24) is 0 Å². The van der Waals surface area contributed by atoms with Crippen molar-refractivity contribution in [3.63, 3.8) is 0 Å². The zero-order chi connectivity index (χ0) is 12.8. The number of carbonyl (C=O) groups is 2. The predicted molar refractivity (Wildman–Crippen MR) is 64.0 cm³/mol. The maximum atomic E-state index is 11.1. The molecule has 0 unspecified atom stereocenters. The monoisotopic (exact) mass is 276 g/mol. The maximum absolute atomic E-state index is 11.1. The van der Waals surface area contributed by atoms with E-state index in [2.05, 4.69) is 4.74 Å². The van der Waals surface area contributed by atoms with Gasteiger partial charge in [0.15, 0.2) is 12.9 Å². The predicted octanol–water partition coefficient (Wildman–Crippen LogP) is 2.75. The second-order valence-corrected chi connectivity index (χ2v) is 3.86. The Morgan fingerprint density at radius 3 is 2.71 bits per heavy atom. The van der Waals surface area contributed by atoms with Crippen LogP contribution >= 0.6 is 23.2 Å². The molecule has 6 heteroatoms. The first kappa shape index (κ1) is 13.8. The fourth-order valence-corrected chi connectivity index (χ4v) is 1.72. The van der Waals surface area contributed by atoms with Crippen molar-refractivity contribution < 1.29 is 19.1 Å². The van der Waals surface area contributed by atoms with Gasteiger partial charge in [0, 0.05) is 5.02 Å². The van der Waals surface area contributed by atoms with Crippen LogP contribution < -0.4 is 4.74 Å². The normalized spacial score (nSPS) is 9.82. The Kier molecular flexibility index (Phi) is 5.25. The van der Waals surface area contributed by atoms with Gasteiger partial charge >= 0.3 is 5.97 Å². The molecule has 0 N–H and O–H groups in total. The fourth-order valence-electron chi connectivity index (χ4n) is 1.15. The van der Waals surface area contributed by atoms with E-state index >= 15 is 0 Å². The second-order valence-electron chi connectivity index (χ2n) is 3.02. The molecule has 0 saturated carbocycles. The summed E-state index contributed by atoms with van der Waals surface area (Å²) in [6.45, 7) is 1.64. The Hall–Kier alpha value is -1.26. The Balaban J connectivity index is 2.83. The lowest BCUT2D eigenvalue weighted by Crippen LogP contribution is -2.15. The van der Waals surface area contributed by atoms with Crippen molar-refractivity contribution in [1.29, 1.82) is 0 Å². The Labute approximate surface area is 108 Å². The van der Waals surface area contributed by atoms with Gasteiger partial charge in [-0.25, -0.2) is 4.79 Å². The van der Waals surface area contributed by atoms with E-state index in [1.807, 2.05) is 0 Å². The first-order chi connectivity index (χ1) is 8.08. The molecule has 4 nitrogen and oxygen atoms in total. The molecule has 0 aromatic heterocycles. The molecular formula is C11H10Cl2O4. The molecule has 0 amide bonds. The molecular weight excluding hydrogens is 267 g/mol. The summed E-state index contributed by atoms with van der Waals surface area (Å²) in [5.74, 6) is -0.408. The van der Waals surface area contributed by atoms with E-state index in [0.29, 0.717) is 11.3 Å². The number of rotatable bonds is 5. The van der Waals surface area contributed by atoms with Gasteiger partial charge in [0.2, 0.25) is 0 Å². The standard InChI is InChI=1S/C11H10Cl2O4/c1-2-16-10(15)6-17-11-7(5-14)3-8(12)4-9(11)13/h3-5H,2,6H2,1H3. The lowest BCUT2D eigenvalue weighted by Gasteiger charge is -2.10. The van der Waals surface area contributed by atoms with E-state index in [4.69, 9.17) is 27.9 Å². The highest BCUT2D eigenvalue weighted by atomic mass is 35.5. The molecule has 0 atom stereocenters. The summed E-state index contributed by atoms with van der Waals surface area (Å²) in [4.78, 5) is 21.9. The summed E-state index contributed by atoms with van der Waals surface area (Å²) in [5, 5.41) is 0.490. The Morgan fingerprint density at radius 1 is 1.41 bits per heavy atom. The molecule has 1 aromatic rings. The molecule has 0 radical (unpaired) electrons. The maximum Gasteiger partial charge on any atom is 0.344 e. The summed E-state index contributed by atoms with van der Waals surface area (Å²) in [6, 6.07) is 2.83. The molecule has 1 aromatic carbocycles. The van der Waals surface area contributed by atoms with Gasteiger partial charge < -0.3 is 9.47 Å². The molecule has 0 heterocycles. The van der Waals surface area contributed by atoms with Crippen LogP contribution in [0, 0.1) is 0 Å². The number of halogens is 2. The van der Waals surface area contributed by atoms with Gasteiger partial charge in [0.05, 0.1) is 17.2 Å². The van der Waals surface area contributed by atoms with Gasteiger partial charge in [-0.3, -0.25) is 4.79 Å². The van der Waals surface area contributed by atoms with Crippen LogP contribution in [0.3, 0.4) is 0 Å². The van der Waals surface area contributed by atoms with Crippen molar-refractivity contribution in [2.24, 2.45) is 0 Å². The summed E-state index contributed by atoms with van der Waals surface area (Å²) >= 11 is 11.6. The number of benzene rings is 1. The van der Waals surface area contributed by atoms with Crippen LogP contribution in [0.15, 0.2) is 12.1 Å². The summed E-state index contributed by atoms with van der Waals surface area (Å²) in [6.07, 6.45) is 0.554. The number of aldehydes is 1. The molecule has 0 saturated heterocycles. The van der Waals surface area contributed by atoms with Crippen LogP contribution in [0.4, 0.5) is 0 Å². The minimum Gasteiger partial charge on any atom is -0.480 e. The average molecular weight is 277 g/mol. The first-order valence-corrected chi connectivity index (χ1v) is 5.56. The Bertz CT molecular complexity index is 432. The molecule has 92 valence electrons. The van der Waals surface area contributed by atoms with Crippen molar-refractivity contribution in [3.05, 3.63) is 27.7 Å². The van der Waals surface area contributed by atoms with E-state index in [0.717, 1.165) is 0 Å². The van der Waals surface area contributed by atoms with Crippen LogP contribution in [-0.2, 0) is 9.53 Å². The summed E-state index contributed by atoms with van der Waals surface area (Å²) < 4.78 is 9.81. The quantitative estimate of drug-likeness (QED) is 0.613. The van der Waals surface area contributed by atoms with Crippen molar-refractivity contribution in [2.45, 2.75) is 6.92 Å². The van der Waals surface area contributed by atoms with Crippen LogP contribution in [-0.4, -0.2) is 25.5 Å². The highest BCUT2D eigenvalue weighted by Crippen LogP contribution is 2.31. The largest absolute Gasteiger partial charge is 0.480 e. The van der Waals surface area contributed by atoms with Gasteiger partial charge in [-0.05, 0) is 19.1 Å². The summed E-state index contributed by atoms with van der Waals surface area (Å²) in [5.41, 5.74) is 0.187. The van der Waals surface area contributed by atoms with Crippen molar-refractivity contribution in [3.8, 4) is 5.75 Å². The van der Waals surface area contributed by atoms with Gasteiger partial charge in [-0.1, -0.05) is 23.2 Å². The zero-order valence-corrected chi connectivity index (χ0v) is 10.5. The van der Waals surface area contributed by atoms with Gasteiger partial charge in [0.1, 0.15) is 5.75 Å². The van der Waals surface area contributed by atoms with E-state index in [-0.39, 0.29) is 29.5 Å². The second kappa shape index (κ2) is 6.47. The average Bonchev–Trinajstić information content (AvgIpc) is 2.27. The third-order valence-electron chi connectivity index (χ3n) is 1.80. The zero-order valence-electron chi connectivity index (χ0n) is 9.04. The Morgan fingerprint density at radius 2 is 2.12 bits per heavy atom. The van der Waals surface area contributed by atoms with Crippen LogP contribution in [0.1, 0.15) is 17.3 Å². The van der Waals surface area contributed by atoms with Gasteiger partial charge in [-0.15, -0.1) is 0 Å². The smallest absolute Gasteiger partial charge is 0.344 e. The molecule has 0 spiro atoms. The van der Waals surface area contributed by atoms with E-state index in [1.165, 1.54) is 12.1 Å². The molecule has 0 aliphatic rings. The first-order valence-electron chi connectivity index (χ1n) is 4.81. The van der Waals surface area contributed by atoms with Crippen LogP contribution in [0.5, 0.6) is 5.75 Å². The van der Waals surface area contributed by atoms with Gasteiger partial charge in [0.25, 0.3) is 0 Å². The molecule has 0 aliphatic carbocycles. The SMILES string of the molecule is CCOC(=O)COc1c(Cl)cc(Cl)cc1C=O. The number of carbonyl (C=O) groups excluding carboxylic acids is 2. The highest BCUT2D eigenvalue weighted by molar-refractivity contribution is 6.36. The fraction of sp³-hybridized carbons (Fsp3) is 0.273. The molecule has 0 fully saturated rings. The van der Waals surface area contributed by atoms with E-state index < -0.39 is 5.97 Å². The summed E-state index contributed by atoms with van der Waals surface area (Å²) in [7, 11) is 0. The molecule has 1 rings (SSSR count). The highest BCUT2D eigenvalue weighted by Gasteiger charge is 2.12. The van der Waals surface area contributed by atoms with E-state index in [9.17, 15) is 9.59 Å². The third-order valence-corrected chi connectivity index (χ3v) is 2.30. The molecule has 17 heavy (non-hydrogen) atoms. The number of ether oxygens (including phenoxy) is 2. The number of hydrogen-bond acceptors (Lipinski definition) is 4. The van der Waals surface area contributed by atoms with Gasteiger partial charge in [-0.2, -0.15) is 0 Å². The lowest BCUT2D eigenvalue weighted by atomic mass is 10.2. The molecule has 0 aliphatic heterocycles. The third kappa shape index (κ3) is 3.91. The van der Waals surface area contributed by atoms with E-state index in [1.54, 1.807) is 6.92 Å². The number of esters is 1. The topological polar surface area (TPSA) is 52.6 Å².